The topological polar surface area (TPSA) is 68.0 Å². The van der Waals surface area contributed by atoms with Crippen LogP contribution in [0.25, 0.3) is 16.6 Å². The van der Waals surface area contributed by atoms with Crippen LogP contribution < -0.4 is 9.47 Å². The quantitative estimate of drug-likeness (QED) is 0.495. The summed E-state index contributed by atoms with van der Waals surface area (Å²) in [6.07, 6.45) is 5.64. The lowest BCUT2D eigenvalue weighted by atomic mass is 10.1. The molecule has 2 aliphatic heterocycles. The van der Waals surface area contributed by atoms with E-state index in [-0.39, 0.29) is 6.04 Å². The first-order valence-electron chi connectivity index (χ1n) is 10.8. The average Bonchev–Trinajstić information content (AvgIpc) is 3.47. The maximum absolute atomic E-state index is 5.54. The summed E-state index contributed by atoms with van der Waals surface area (Å²) < 4.78 is 12.9. The van der Waals surface area contributed by atoms with Gasteiger partial charge in [0.2, 0.25) is 6.79 Å². The van der Waals surface area contributed by atoms with Gasteiger partial charge in [-0.05, 0) is 48.5 Å². The Balaban J connectivity index is 1.24. The van der Waals surface area contributed by atoms with E-state index >= 15 is 0 Å². The van der Waals surface area contributed by atoms with Crippen molar-refractivity contribution in [3.8, 4) is 22.6 Å². The molecule has 8 heteroatoms. The molecular formula is C24H24N6O2. The third-order valence-corrected chi connectivity index (χ3v) is 6.34. The molecule has 0 radical (unpaired) electrons. The highest BCUT2D eigenvalue weighted by Crippen LogP contribution is 2.34. The third-order valence-electron chi connectivity index (χ3n) is 6.34. The predicted octanol–water partition coefficient (Wildman–Crippen LogP) is 3.01. The van der Waals surface area contributed by atoms with Gasteiger partial charge in [-0.1, -0.05) is 17.3 Å². The van der Waals surface area contributed by atoms with Gasteiger partial charge in [0.15, 0.2) is 11.5 Å². The summed E-state index contributed by atoms with van der Waals surface area (Å²) in [7, 11) is 2.17. The minimum absolute atomic E-state index is 0.182. The Morgan fingerprint density at radius 1 is 0.969 bits per heavy atom. The largest absolute Gasteiger partial charge is 0.454 e. The van der Waals surface area contributed by atoms with Crippen LogP contribution in [0, 0.1) is 0 Å². The van der Waals surface area contributed by atoms with E-state index in [1.165, 1.54) is 5.56 Å². The highest BCUT2D eigenvalue weighted by molar-refractivity contribution is 5.65. The van der Waals surface area contributed by atoms with E-state index in [4.69, 9.17) is 9.47 Å². The standard InChI is InChI=1S/C24H24N6O2/c1-28-10-11-29(13-17-2-5-22-23(12-17)32-16-31-22)15-21(28)24-20-4-3-19(14-30(20)27-26-24)18-6-8-25-9-7-18/h2-9,12,14,21H,10-11,13,15-16H2,1H3/t21-/m0/s1. The molecule has 1 atom stereocenters. The fourth-order valence-corrected chi connectivity index (χ4v) is 4.53. The van der Waals surface area contributed by atoms with Crippen LogP contribution in [0.15, 0.2) is 61.1 Å². The molecule has 0 saturated carbocycles. The lowest BCUT2D eigenvalue weighted by Gasteiger charge is -2.38. The Morgan fingerprint density at radius 3 is 2.75 bits per heavy atom. The molecular weight excluding hydrogens is 404 g/mol. The van der Waals surface area contributed by atoms with E-state index in [1.807, 2.05) is 28.9 Å². The first-order valence-corrected chi connectivity index (χ1v) is 10.8. The van der Waals surface area contributed by atoms with Gasteiger partial charge in [-0.25, -0.2) is 4.52 Å². The summed E-state index contributed by atoms with van der Waals surface area (Å²) in [5, 5.41) is 9.03. The van der Waals surface area contributed by atoms with E-state index in [0.717, 1.165) is 60.0 Å². The maximum Gasteiger partial charge on any atom is 0.231 e. The molecule has 162 valence electrons. The maximum atomic E-state index is 5.54. The van der Waals surface area contributed by atoms with Crippen LogP contribution in [-0.2, 0) is 6.54 Å². The Bertz CT molecular complexity index is 1260. The first kappa shape index (κ1) is 19.2. The zero-order valence-electron chi connectivity index (χ0n) is 17.9. The number of hydrogen-bond donors (Lipinski definition) is 0. The summed E-state index contributed by atoms with van der Waals surface area (Å²) in [4.78, 5) is 8.95. The lowest BCUT2D eigenvalue weighted by molar-refractivity contribution is 0.0889. The molecule has 0 aliphatic carbocycles. The van der Waals surface area contributed by atoms with Crippen molar-refractivity contribution in [2.24, 2.45) is 0 Å². The molecule has 4 aromatic rings. The van der Waals surface area contributed by atoms with E-state index < -0.39 is 0 Å². The second kappa shape index (κ2) is 7.89. The second-order valence-electron chi connectivity index (χ2n) is 8.38. The molecule has 0 amide bonds. The minimum atomic E-state index is 0.182. The van der Waals surface area contributed by atoms with Crippen molar-refractivity contribution in [1.82, 2.24) is 29.6 Å². The fourth-order valence-electron chi connectivity index (χ4n) is 4.53. The number of piperazine rings is 1. The molecule has 1 fully saturated rings. The van der Waals surface area contributed by atoms with Gasteiger partial charge < -0.3 is 9.47 Å². The van der Waals surface area contributed by atoms with Crippen molar-refractivity contribution in [3.05, 3.63) is 72.3 Å². The number of fused-ring (bicyclic) bond motifs is 2. The molecule has 1 aromatic carbocycles. The van der Waals surface area contributed by atoms with Crippen LogP contribution >= 0.6 is 0 Å². The zero-order valence-corrected chi connectivity index (χ0v) is 17.9. The zero-order chi connectivity index (χ0) is 21.5. The van der Waals surface area contributed by atoms with Crippen molar-refractivity contribution in [2.45, 2.75) is 12.6 Å². The van der Waals surface area contributed by atoms with Gasteiger partial charge in [0.25, 0.3) is 0 Å². The summed E-state index contributed by atoms with van der Waals surface area (Å²) in [5.41, 5.74) is 5.50. The molecule has 2 aliphatic rings. The molecule has 0 unspecified atom stereocenters. The van der Waals surface area contributed by atoms with Crippen molar-refractivity contribution >= 4 is 5.52 Å². The molecule has 32 heavy (non-hydrogen) atoms. The molecule has 0 N–H and O–H groups in total. The summed E-state index contributed by atoms with van der Waals surface area (Å²) in [5.74, 6) is 1.66. The Kier molecular flexibility index (Phi) is 4.74. The number of hydrogen-bond acceptors (Lipinski definition) is 7. The fraction of sp³-hybridized carbons (Fsp3) is 0.292. The van der Waals surface area contributed by atoms with Crippen LogP contribution in [0.3, 0.4) is 0 Å². The number of aromatic nitrogens is 4. The first-order chi connectivity index (χ1) is 15.7. The number of likely N-dealkylation sites (N-methyl/N-ethyl adjacent to an activating group) is 1. The number of ether oxygens (including phenoxy) is 2. The Morgan fingerprint density at radius 2 is 1.84 bits per heavy atom. The van der Waals surface area contributed by atoms with Crippen molar-refractivity contribution in [3.63, 3.8) is 0 Å². The van der Waals surface area contributed by atoms with Gasteiger partial charge in [0.1, 0.15) is 5.69 Å². The molecule has 8 nitrogen and oxygen atoms in total. The van der Waals surface area contributed by atoms with Crippen LogP contribution in [-0.4, -0.2) is 63.1 Å². The van der Waals surface area contributed by atoms with Crippen LogP contribution in [0.5, 0.6) is 11.5 Å². The Labute approximate surface area is 186 Å². The molecule has 0 spiro atoms. The molecule has 0 bridgehead atoms. The summed E-state index contributed by atoms with van der Waals surface area (Å²) in [6, 6.07) is 14.6. The molecule has 5 heterocycles. The number of nitrogens with zero attached hydrogens (tertiary/aromatic N) is 6. The second-order valence-corrected chi connectivity index (χ2v) is 8.38. The highest BCUT2D eigenvalue weighted by atomic mass is 16.7. The molecule has 6 rings (SSSR count). The number of benzene rings is 1. The number of pyridine rings is 2. The molecule has 1 saturated heterocycles. The van der Waals surface area contributed by atoms with Gasteiger partial charge in [-0.3, -0.25) is 14.8 Å². The van der Waals surface area contributed by atoms with Gasteiger partial charge in [-0.15, -0.1) is 5.10 Å². The van der Waals surface area contributed by atoms with Gasteiger partial charge >= 0.3 is 0 Å². The van der Waals surface area contributed by atoms with Crippen molar-refractivity contribution < 1.29 is 9.47 Å². The lowest BCUT2D eigenvalue weighted by Crippen LogP contribution is -2.46. The van der Waals surface area contributed by atoms with Crippen LogP contribution in [0.2, 0.25) is 0 Å². The third kappa shape index (κ3) is 3.47. The van der Waals surface area contributed by atoms with Gasteiger partial charge in [0.05, 0.1) is 11.6 Å². The summed E-state index contributed by atoms with van der Waals surface area (Å²) >= 11 is 0. The minimum Gasteiger partial charge on any atom is -0.454 e. The SMILES string of the molecule is CN1CCN(Cc2ccc3c(c2)OCO3)C[C@H]1c1nnn2cc(-c3ccncc3)ccc12. The van der Waals surface area contributed by atoms with Crippen molar-refractivity contribution in [1.29, 1.82) is 0 Å². The average molecular weight is 428 g/mol. The van der Waals surface area contributed by atoms with E-state index in [2.05, 4.69) is 56.4 Å². The number of rotatable bonds is 4. The molecule has 3 aromatic heterocycles. The summed E-state index contributed by atoms with van der Waals surface area (Å²) in [6.45, 7) is 4.05. The van der Waals surface area contributed by atoms with E-state index in [0.29, 0.717) is 6.79 Å². The van der Waals surface area contributed by atoms with Crippen molar-refractivity contribution in [2.75, 3.05) is 33.5 Å². The van der Waals surface area contributed by atoms with Gasteiger partial charge in [0, 0.05) is 50.3 Å². The van der Waals surface area contributed by atoms with Gasteiger partial charge in [-0.2, -0.15) is 0 Å². The van der Waals surface area contributed by atoms with E-state index in [9.17, 15) is 0 Å². The van der Waals surface area contributed by atoms with Crippen LogP contribution in [0.1, 0.15) is 17.3 Å². The van der Waals surface area contributed by atoms with Crippen LogP contribution in [0.4, 0.5) is 0 Å². The highest BCUT2D eigenvalue weighted by Gasteiger charge is 2.29. The van der Waals surface area contributed by atoms with E-state index in [1.54, 1.807) is 12.4 Å². The normalized spacial score (nSPS) is 19.0. The Hall–Kier alpha value is -3.49. The monoisotopic (exact) mass is 428 g/mol. The predicted molar refractivity (Wildman–Crippen MR) is 119 cm³/mol. The smallest absolute Gasteiger partial charge is 0.231 e.